The van der Waals surface area contributed by atoms with Crippen molar-refractivity contribution in [3.63, 3.8) is 0 Å². The van der Waals surface area contributed by atoms with Gasteiger partial charge in [0.25, 0.3) is 0 Å². The van der Waals surface area contributed by atoms with Gasteiger partial charge in [-0.1, -0.05) is 11.8 Å². The normalized spacial score (nSPS) is 9.33. The van der Waals surface area contributed by atoms with Crippen LogP contribution in [-0.2, 0) is 4.79 Å². The predicted molar refractivity (Wildman–Crippen MR) is 61.9 cm³/mol. The molecule has 0 atom stereocenters. The number of benzene rings is 1. The van der Waals surface area contributed by atoms with Crippen LogP contribution < -0.4 is 5.32 Å². The second kappa shape index (κ2) is 5.92. The van der Waals surface area contributed by atoms with E-state index < -0.39 is 17.4 Å². The largest absolute Gasteiger partial charge is 0.345 e. The van der Waals surface area contributed by atoms with Crippen molar-refractivity contribution in [2.24, 2.45) is 0 Å². The van der Waals surface area contributed by atoms with Crippen LogP contribution in [0.1, 0.15) is 29.8 Å². The number of nitrogens with one attached hydrogen (secondary N) is 1. The number of rotatable bonds is 2. The maximum Gasteiger partial charge on any atom is 0.217 e. The fourth-order valence-electron chi connectivity index (χ4n) is 1.22. The summed E-state index contributed by atoms with van der Waals surface area (Å²) in [6, 6.07) is 1.69. The van der Waals surface area contributed by atoms with E-state index in [4.69, 9.17) is 0 Å². The van der Waals surface area contributed by atoms with Gasteiger partial charge in [0, 0.05) is 13.0 Å². The topological polar surface area (TPSA) is 46.2 Å². The van der Waals surface area contributed by atoms with Gasteiger partial charge in [-0.05, 0) is 13.0 Å². The van der Waals surface area contributed by atoms with E-state index in [0.717, 1.165) is 6.07 Å². The molecular formula is C13H11F2NO2. The van der Waals surface area contributed by atoms with E-state index in [-0.39, 0.29) is 23.6 Å². The van der Waals surface area contributed by atoms with Gasteiger partial charge in [0.1, 0.15) is 11.6 Å². The molecule has 1 aromatic carbocycles. The highest BCUT2D eigenvalue weighted by atomic mass is 19.1. The molecule has 94 valence electrons. The fraction of sp³-hybridized carbons (Fsp3) is 0.231. The molecule has 0 saturated carbocycles. The smallest absolute Gasteiger partial charge is 0.217 e. The minimum atomic E-state index is -0.910. The molecule has 1 N–H and O–H groups in total. The van der Waals surface area contributed by atoms with Crippen LogP contribution in [0, 0.1) is 23.5 Å². The van der Waals surface area contributed by atoms with Crippen molar-refractivity contribution in [2.75, 3.05) is 6.54 Å². The van der Waals surface area contributed by atoms with Crippen LogP contribution in [0.3, 0.4) is 0 Å². The Morgan fingerprint density at radius 3 is 2.44 bits per heavy atom. The minimum Gasteiger partial charge on any atom is -0.345 e. The van der Waals surface area contributed by atoms with Gasteiger partial charge in [-0.25, -0.2) is 8.78 Å². The number of hydrogen-bond donors (Lipinski definition) is 1. The first-order valence-corrected chi connectivity index (χ1v) is 5.15. The van der Waals surface area contributed by atoms with Crippen molar-refractivity contribution >= 4 is 11.7 Å². The lowest BCUT2D eigenvalue weighted by Crippen LogP contribution is -2.19. The highest BCUT2D eigenvalue weighted by Crippen LogP contribution is 2.14. The van der Waals surface area contributed by atoms with Crippen molar-refractivity contribution in [3.8, 4) is 11.8 Å². The number of amides is 1. The summed E-state index contributed by atoms with van der Waals surface area (Å²) in [5.74, 6) is 2.43. The summed E-state index contributed by atoms with van der Waals surface area (Å²) < 4.78 is 26.5. The monoisotopic (exact) mass is 251 g/mol. The molecule has 1 amide bonds. The van der Waals surface area contributed by atoms with Crippen molar-refractivity contribution in [1.29, 1.82) is 0 Å². The lowest BCUT2D eigenvalue weighted by Gasteiger charge is -2.01. The Hall–Kier alpha value is -2.22. The minimum absolute atomic E-state index is 0.0571. The van der Waals surface area contributed by atoms with Crippen LogP contribution in [0.25, 0.3) is 0 Å². The Bertz CT molecular complexity index is 556. The van der Waals surface area contributed by atoms with Crippen molar-refractivity contribution < 1.29 is 18.4 Å². The van der Waals surface area contributed by atoms with E-state index in [9.17, 15) is 18.4 Å². The molecule has 1 rings (SSSR count). The molecule has 0 aliphatic carbocycles. The van der Waals surface area contributed by atoms with E-state index in [1.165, 1.54) is 13.8 Å². The quantitative estimate of drug-likeness (QED) is 0.641. The maximum atomic E-state index is 13.3. The van der Waals surface area contributed by atoms with Gasteiger partial charge in [-0.15, -0.1) is 0 Å². The number of hydrogen-bond acceptors (Lipinski definition) is 2. The van der Waals surface area contributed by atoms with Crippen LogP contribution in [0.5, 0.6) is 0 Å². The van der Waals surface area contributed by atoms with Crippen LogP contribution in [-0.4, -0.2) is 18.2 Å². The van der Waals surface area contributed by atoms with Crippen LogP contribution in [0.4, 0.5) is 8.78 Å². The van der Waals surface area contributed by atoms with Gasteiger partial charge in [0.05, 0.1) is 17.7 Å². The first-order valence-electron chi connectivity index (χ1n) is 5.15. The maximum absolute atomic E-state index is 13.3. The van der Waals surface area contributed by atoms with Crippen LogP contribution in [0.2, 0.25) is 0 Å². The van der Waals surface area contributed by atoms with Crippen molar-refractivity contribution in [1.82, 2.24) is 5.32 Å². The Morgan fingerprint density at radius 1 is 1.22 bits per heavy atom. The Morgan fingerprint density at radius 2 is 1.89 bits per heavy atom. The van der Waals surface area contributed by atoms with E-state index in [1.807, 2.05) is 0 Å². The third kappa shape index (κ3) is 3.67. The number of carbonyl (C=O) groups excluding carboxylic acids is 2. The lowest BCUT2D eigenvalue weighted by atomic mass is 10.1. The Labute approximate surface area is 103 Å². The summed E-state index contributed by atoms with van der Waals surface area (Å²) in [6.07, 6.45) is 0. The molecule has 0 heterocycles. The number of carbonyl (C=O) groups is 2. The SMILES string of the molecule is CC(=O)NCC#Cc1cc(C(C)=O)c(F)cc1F. The third-order valence-electron chi connectivity index (χ3n) is 2.08. The molecule has 0 aliphatic rings. The summed E-state index contributed by atoms with van der Waals surface area (Å²) in [4.78, 5) is 21.6. The zero-order chi connectivity index (χ0) is 13.7. The van der Waals surface area contributed by atoms with Crippen molar-refractivity contribution in [3.05, 3.63) is 34.9 Å². The Balaban J connectivity index is 2.98. The molecule has 0 aliphatic heterocycles. The van der Waals surface area contributed by atoms with E-state index in [2.05, 4.69) is 17.2 Å². The molecule has 5 heteroatoms. The zero-order valence-electron chi connectivity index (χ0n) is 9.93. The highest BCUT2D eigenvalue weighted by Gasteiger charge is 2.11. The Kier molecular flexibility index (Phi) is 4.55. The molecule has 0 spiro atoms. The second-order valence-corrected chi connectivity index (χ2v) is 3.58. The van der Waals surface area contributed by atoms with Crippen LogP contribution >= 0.6 is 0 Å². The molecule has 0 fully saturated rings. The first-order chi connectivity index (χ1) is 8.41. The van der Waals surface area contributed by atoms with Gasteiger partial charge >= 0.3 is 0 Å². The van der Waals surface area contributed by atoms with E-state index in [1.54, 1.807) is 0 Å². The molecule has 0 radical (unpaired) electrons. The lowest BCUT2D eigenvalue weighted by molar-refractivity contribution is -0.118. The van der Waals surface area contributed by atoms with Gasteiger partial charge in [0.2, 0.25) is 5.91 Å². The summed E-state index contributed by atoms with van der Waals surface area (Å²) >= 11 is 0. The standard InChI is InChI=1S/C13H11F2NO2/c1-8(17)11-6-10(12(14)7-13(11)15)4-3-5-16-9(2)18/h6-7H,5H2,1-2H3,(H,16,18). The third-order valence-corrected chi connectivity index (χ3v) is 2.08. The average Bonchev–Trinajstić information content (AvgIpc) is 2.25. The predicted octanol–water partition coefficient (Wildman–Crippen LogP) is 1.66. The number of Topliss-reactive ketones (excluding diaryl/α,β-unsaturated/α-hetero) is 1. The van der Waals surface area contributed by atoms with Gasteiger partial charge in [0.15, 0.2) is 5.78 Å². The fourth-order valence-corrected chi connectivity index (χ4v) is 1.22. The molecule has 1 aromatic rings. The van der Waals surface area contributed by atoms with Gasteiger partial charge < -0.3 is 5.32 Å². The highest BCUT2D eigenvalue weighted by molar-refractivity contribution is 5.94. The molecule has 3 nitrogen and oxygen atoms in total. The van der Waals surface area contributed by atoms with Crippen molar-refractivity contribution in [2.45, 2.75) is 13.8 Å². The van der Waals surface area contributed by atoms with E-state index in [0.29, 0.717) is 6.07 Å². The number of halogens is 2. The molecule has 0 unspecified atom stereocenters. The molecule has 18 heavy (non-hydrogen) atoms. The summed E-state index contributed by atoms with van der Waals surface area (Å²) in [6.45, 7) is 2.57. The summed E-state index contributed by atoms with van der Waals surface area (Å²) in [5, 5.41) is 2.41. The zero-order valence-corrected chi connectivity index (χ0v) is 9.93. The molecule has 0 bridgehead atoms. The van der Waals surface area contributed by atoms with E-state index >= 15 is 0 Å². The molecule has 0 aromatic heterocycles. The second-order valence-electron chi connectivity index (χ2n) is 3.58. The summed E-state index contributed by atoms with van der Waals surface area (Å²) in [7, 11) is 0. The average molecular weight is 251 g/mol. The summed E-state index contributed by atoms with van der Waals surface area (Å²) in [5.41, 5.74) is -0.285. The molecular weight excluding hydrogens is 240 g/mol. The first kappa shape index (κ1) is 13.8. The number of ketones is 1. The van der Waals surface area contributed by atoms with Gasteiger partial charge in [-0.2, -0.15) is 0 Å². The van der Waals surface area contributed by atoms with Gasteiger partial charge in [-0.3, -0.25) is 9.59 Å². The van der Waals surface area contributed by atoms with Crippen LogP contribution in [0.15, 0.2) is 12.1 Å². The molecule has 0 saturated heterocycles.